The number of hydrogen-bond acceptors (Lipinski definition) is 4. The van der Waals surface area contributed by atoms with Gasteiger partial charge in [0, 0.05) is 23.0 Å². The van der Waals surface area contributed by atoms with Gasteiger partial charge in [0.05, 0.1) is 19.9 Å². The van der Waals surface area contributed by atoms with Crippen LogP contribution >= 0.6 is 0 Å². The van der Waals surface area contributed by atoms with Crippen molar-refractivity contribution in [3.63, 3.8) is 0 Å². The van der Waals surface area contributed by atoms with Gasteiger partial charge in [-0.2, -0.15) is 0 Å². The Kier molecular flexibility index (Phi) is 5.02. The molecule has 0 saturated heterocycles. The molecule has 3 aromatic rings. The Bertz CT molecular complexity index is 986. The molecule has 0 aliphatic heterocycles. The van der Waals surface area contributed by atoms with Gasteiger partial charge >= 0.3 is 0 Å². The zero-order valence-corrected chi connectivity index (χ0v) is 15.9. The van der Waals surface area contributed by atoms with Crippen LogP contribution < -0.4 is 15.0 Å². The van der Waals surface area contributed by atoms with E-state index in [-0.39, 0.29) is 5.56 Å². The Labute approximate surface area is 152 Å². The molecule has 0 amide bonds. The summed E-state index contributed by atoms with van der Waals surface area (Å²) in [7, 11) is 3.23. The molecule has 3 rings (SSSR count). The molecule has 2 heterocycles. The molecule has 0 fully saturated rings. The van der Waals surface area contributed by atoms with Gasteiger partial charge in [0.1, 0.15) is 11.4 Å². The summed E-state index contributed by atoms with van der Waals surface area (Å²) in [5.41, 5.74) is 4.21. The van der Waals surface area contributed by atoms with E-state index in [4.69, 9.17) is 9.47 Å². The van der Waals surface area contributed by atoms with Gasteiger partial charge in [-0.25, -0.2) is 4.98 Å². The molecule has 138 valence electrons. The zero-order chi connectivity index (χ0) is 18.8. The van der Waals surface area contributed by atoms with Crippen LogP contribution in [0.5, 0.6) is 11.6 Å². The summed E-state index contributed by atoms with van der Waals surface area (Å²) < 4.78 is 10.8. The summed E-state index contributed by atoms with van der Waals surface area (Å²) in [4.78, 5) is 23.2. The van der Waals surface area contributed by atoms with Crippen LogP contribution in [0.25, 0.3) is 10.9 Å². The summed E-state index contributed by atoms with van der Waals surface area (Å²) in [5, 5.41) is 1.07. The molecule has 0 bridgehead atoms. The number of methoxy groups -OCH3 is 2. The highest BCUT2D eigenvalue weighted by molar-refractivity contribution is 5.86. The first kappa shape index (κ1) is 18.0. The first-order valence-electron chi connectivity index (χ1n) is 8.74. The van der Waals surface area contributed by atoms with Gasteiger partial charge in [0.2, 0.25) is 5.88 Å². The second-order valence-electron chi connectivity index (χ2n) is 6.92. The smallest absolute Gasteiger partial charge is 0.270 e. The highest BCUT2D eigenvalue weighted by Gasteiger charge is 2.16. The van der Waals surface area contributed by atoms with Gasteiger partial charge in [-0.3, -0.25) is 4.79 Å². The van der Waals surface area contributed by atoms with Crippen LogP contribution in [0.15, 0.2) is 23.0 Å². The molecular weight excluding hydrogens is 330 g/mol. The Morgan fingerprint density at radius 2 is 1.92 bits per heavy atom. The third-order valence-electron chi connectivity index (χ3n) is 4.50. The molecular formula is C20H25N3O3. The van der Waals surface area contributed by atoms with Crippen molar-refractivity contribution in [1.82, 2.24) is 15.0 Å². The van der Waals surface area contributed by atoms with E-state index in [1.807, 2.05) is 25.1 Å². The van der Waals surface area contributed by atoms with Crippen LogP contribution in [0.2, 0.25) is 0 Å². The largest absolute Gasteiger partial charge is 0.497 e. The van der Waals surface area contributed by atoms with Crippen LogP contribution in [0.1, 0.15) is 36.5 Å². The number of H-pyrrole nitrogens is 2. The average Bonchev–Trinajstić information content (AvgIpc) is 2.91. The Morgan fingerprint density at radius 1 is 1.15 bits per heavy atom. The topological polar surface area (TPSA) is 80.0 Å². The summed E-state index contributed by atoms with van der Waals surface area (Å²) in [6.45, 7) is 6.14. The van der Waals surface area contributed by atoms with E-state index in [1.165, 1.54) is 0 Å². The molecule has 0 atom stereocenters. The standard InChI is InChI=1S/C20H25N3O3/c1-11(2)8-17-19(24)22-18(20(23-17)26-5)10-14-12(3)21-16-7-6-13(25-4)9-15(14)16/h6-7,9,11,21H,8,10H2,1-5H3,(H,22,24). The van der Waals surface area contributed by atoms with E-state index in [2.05, 4.69) is 28.8 Å². The lowest BCUT2D eigenvalue weighted by molar-refractivity contribution is 0.386. The van der Waals surface area contributed by atoms with E-state index in [0.29, 0.717) is 36.0 Å². The first-order valence-corrected chi connectivity index (χ1v) is 8.74. The highest BCUT2D eigenvalue weighted by Crippen LogP contribution is 2.29. The summed E-state index contributed by atoms with van der Waals surface area (Å²) >= 11 is 0. The lowest BCUT2D eigenvalue weighted by Gasteiger charge is -2.11. The normalized spacial score (nSPS) is 11.3. The number of rotatable bonds is 6. The average molecular weight is 355 g/mol. The fourth-order valence-corrected chi connectivity index (χ4v) is 3.21. The number of aromatic nitrogens is 3. The molecule has 1 aromatic carbocycles. The molecule has 2 aromatic heterocycles. The minimum Gasteiger partial charge on any atom is -0.497 e. The zero-order valence-electron chi connectivity index (χ0n) is 15.9. The second kappa shape index (κ2) is 7.23. The van der Waals surface area contributed by atoms with Crippen LogP contribution in [0.4, 0.5) is 0 Å². The van der Waals surface area contributed by atoms with Crippen molar-refractivity contribution in [2.75, 3.05) is 14.2 Å². The van der Waals surface area contributed by atoms with Gasteiger partial charge in [0.25, 0.3) is 5.56 Å². The van der Waals surface area contributed by atoms with E-state index >= 15 is 0 Å². The number of benzene rings is 1. The van der Waals surface area contributed by atoms with E-state index in [9.17, 15) is 4.79 Å². The first-order chi connectivity index (χ1) is 12.4. The molecule has 2 N–H and O–H groups in total. The minimum absolute atomic E-state index is 0.149. The Morgan fingerprint density at radius 3 is 2.58 bits per heavy atom. The lowest BCUT2D eigenvalue weighted by Crippen LogP contribution is -2.20. The van der Waals surface area contributed by atoms with Gasteiger partial charge in [-0.05, 0) is 43.0 Å². The van der Waals surface area contributed by atoms with Crippen molar-refractivity contribution in [1.29, 1.82) is 0 Å². The van der Waals surface area contributed by atoms with Crippen molar-refractivity contribution < 1.29 is 9.47 Å². The predicted octanol–water partition coefficient (Wildman–Crippen LogP) is 3.37. The minimum atomic E-state index is -0.149. The van der Waals surface area contributed by atoms with Crippen LogP contribution in [0, 0.1) is 12.8 Å². The van der Waals surface area contributed by atoms with Gasteiger partial charge in [-0.1, -0.05) is 13.8 Å². The summed E-state index contributed by atoms with van der Waals surface area (Å²) in [6.07, 6.45) is 1.14. The molecule has 0 unspecified atom stereocenters. The summed E-state index contributed by atoms with van der Waals surface area (Å²) in [5.74, 6) is 1.61. The molecule has 0 aliphatic carbocycles. The third kappa shape index (κ3) is 3.45. The van der Waals surface area contributed by atoms with Gasteiger partial charge in [0.15, 0.2) is 0 Å². The number of fused-ring (bicyclic) bond motifs is 1. The molecule has 6 nitrogen and oxygen atoms in total. The number of nitrogens with zero attached hydrogens (tertiary/aromatic N) is 1. The van der Waals surface area contributed by atoms with Crippen LogP contribution in [-0.2, 0) is 12.8 Å². The number of ether oxygens (including phenoxy) is 2. The van der Waals surface area contributed by atoms with Gasteiger partial charge < -0.3 is 19.4 Å². The van der Waals surface area contributed by atoms with Crippen molar-refractivity contribution >= 4 is 10.9 Å². The second-order valence-corrected chi connectivity index (χ2v) is 6.92. The van der Waals surface area contributed by atoms with Crippen LogP contribution in [-0.4, -0.2) is 29.2 Å². The van der Waals surface area contributed by atoms with E-state index < -0.39 is 0 Å². The quantitative estimate of drug-likeness (QED) is 0.710. The van der Waals surface area contributed by atoms with E-state index in [1.54, 1.807) is 14.2 Å². The SMILES string of the molecule is COc1ccc2[nH]c(C)c(Cc3[nH]c(=O)c(CC(C)C)nc3OC)c2c1. The maximum atomic E-state index is 12.4. The molecule has 0 radical (unpaired) electrons. The molecule has 0 saturated carbocycles. The van der Waals surface area contributed by atoms with Gasteiger partial charge in [-0.15, -0.1) is 0 Å². The highest BCUT2D eigenvalue weighted by atomic mass is 16.5. The predicted molar refractivity (Wildman–Crippen MR) is 102 cm³/mol. The molecule has 0 aliphatic rings. The third-order valence-corrected chi connectivity index (χ3v) is 4.50. The Hall–Kier alpha value is -2.76. The van der Waals surface area contributed by atoms with Crippen LogP contribution in [0.3, 0.4) is 0 Å². The number of aryl methyl sites for hydroxylation is 1. The molecule has 0 spiro atoms. The fourth-order valence-electron chi connectivity index (χ4n) is 3.21. The Balaban J connectivity index is 2.06. The van der Waals surface area contributed by atoms with Crippen molar-refractivity contribution in [2.24, 2.45) is 5.92 Å². The number of hydrogen-bond donors (Lipinski definition) is 2. The number of aromatic amines is 2. The maximum Gasteiger partial charge on any atom is 0.270 e. The maximum absolute atomic E-state index is 12.4. The fraction of sp³-hybridized carbons (Fsp3) is 0.400. The van der Waals surface area contributed by atoms with Crippen molar-refractivity contribution in [3.8, 4) is 11.6 Å². The van der Waals surface area contributed by atoms with Crippen molar-refractivity contribution in [2.45, 2.75) is 33.6 Å². The molecule has 6 heteroatoms. The monoisotopic (exact) mass is 355 g/mol. The lowest BCUT2D eigenvalue weighted by atomic mass is 10.0. The number of nitrogens with one attached hydrogen (secondary N) is 2. The van der Waals surface area contributed by atoms with E-state index in [0.717, 1.165) is 27.9 Å². The van der Waals surface area contributed by atoms with Crippen molar-refractivity contribution in [3.05, 3.63) is 51.2 Å². The molecule has 26 heavy (non-hydrogen) atoms. The summed E-state index contributed by atoms with van der Waals surface area (Å²) in [6, 6.07) is 5.92.